The number of carbonyl (C=O) groups is 1. The molecular formula is C11H12N2O2. The quantitative estimate of drug-likeness (QED) is 0.659. The van der Waals surface area contributed by atoms with E-state index in [0.717, 1.165) is 16.6 Å². The van der Waals surface area contributed by atoms with E-state index in [9.17, 15) is 9.90 Å². The van der Waals surface area contributed by atoms with Crippen LogP contribution in [0.1, 0.15) is 16.1 Å². The first kappa shape index (κ1) is 9.58. The molecule has 0 spiro atoms. The fraction of sp³-hybridized carbons (Fsp3) is 0.182. The third kappa shape index (κ3) is 1.44. The molecule has 15 heavy (non-hydrogen) atoms. The van der Waals surface area contributed by atoms with Crippen LogP contribution in [0.3, 0.4) is 0 Å². The van der Waals surface area contributed by atoms with E-state index in [2.05, 4.69) is 10.3 Å². The van der Waals surface area contributed by atoms with Gasteiger partial charge >= 0.3 is 0 Å². The van der Waals surface area contributed by atoms with Crippen molar-refractivity contribution in [3.8, 4) is 5.75 Å². The number of aryl methyl sites for hydroxylation is 1. The molecule has 4 nitrogen and oxygen atoms in total. The molecule has 0 bridgehead atoms. The zero-order chi connectivity index (χ0) is 11.0. The molecule has 1 aromatic carbocycles. The molecule has 0 saturated carbocycles. The van der Waals surface area contributed by atoms with Gasteiger partial charge in [-0.25, -0.2) is 0 Å². The molecule has 0 radical (unpaired) electrons. The molecule has 0 aliphatic rings. The summed E-state index contributed by atoms with van der Waals surface area (Å²) in [7, 11) is 1.59. The normalized spacial score (nSPS) is 10.5. The van der Waals surface area contributed by atoms with Gasteiger partial charge in [-0.1, -0.05) is 0 Å². The number of rotatable bonds is 1. The maximum atomic E-state index is 11.6. The monoisotopic (exact) mass is 204 g/mol. The first-order valence-electron chi connectivity index (χ1n) is 4.67. The molecule has 0 aliphatic heterocycles. The van der Waals surface area contributed by atoms with E-state index in [1.165, 1.54) is 0 Å². The zero-order valence-corrected chi connectivity index (χ0v) is 8.59. The summed E-state index contributed by atoms with van der Waals surface area (Å²) in [6, 6.07) is 4.93. The number of phenolic OH excluding ortho intramolecular Hbond substituents is 1. The summed E-state index contributed by atoms with van der Waals surface area (Å²) >= 11 is 0. The van der Waals surface area contributed by atoms with Gasteiger partial charge in [0, 0.05) is 23.6 Å². The maximum absolute atomic E-state index is 11.6. The van der Waals surface area contributed by atoms with Crippen LogP contribution < -0.4 is 5.32 Å². The maximum Gasteiger partial charge on any atom is 0.253 e. The predicted molar refractivity (Wildman–Crippen MR) is 58.1 cm³/mol. The van der Waals surface area contributed by atoms with Crippen molar-refractivity contribution in [1.29, 1.82) is 0 Å². The fourth-order valence-corrected chi connectivity index (χ4v) is 1.73. The van der Waals surface area contributed by atoms with Crippen LogP contribution in [0.2, 0.25) is 0 Å². The Kier molecular flexibility index (Phi) is 2.11. The Morgan fingerprint density at radius 2 is 2.20 bits per heavy atom. The summed E-state index contributed by atoms with van der Waals surface area (Å²) in [5.74, 6) is 0.0102. The summed E-state index contributed by atoms with van der Waals surface area (Å²) < 4.78 is 0. The second-order valence-corrected chi connectivity index (χ2v) is 3.43. The van der Waals surface area contributed by atoms with Crippen molar-refractivity contribution >= 4 is 16.8 Å². The van der Waals surface area contributed by atoms with Crippen LogP contribution in [-0.4, -0.2) is 23.0 Å². The first-order valence-corrected chi connectivity index (χ1v) is 4.67. The number of carbonyl (C=O) groups excluding carboxylic acids is 1. The summed E-state index contributed by atoms with van der Waals surface area (Å²) in [5.41, 5.74) is 2.24. The van der Waals surface area contributed by atoms with Crippen molar-refractivity contribution in [3.63, 3.8) is 0 Å². The van der Waals surface area contributed by atoms with Gasteiger partial charge < -0.3 is 15.4 Å². The second-order valence-electron chi connectivity index (χ2n) is 3.43. The number of nitrogens with one attached hydrogen (secondary N) is 2. The van der Waals surface area contributed by atoms with Gasteiger partial charge in [0.2, 0.25) is 0 Å². The summed E-state index contributed by atoms with van der Waals surface area (Å²) in [4.78, 5) is 14.7. The van der Waals surface area contributed by atoms with E-state index in [-0.39, 0.29) is 11.7 Å². The Balaban J connectivity index is 2.76. The summed E-state index contributed by atoms with van der Waals surface area (Å²) in [6.45, 7) is 1.83. The summed E-state index contributed by atoms with van der Waals surface area (Å²) in [6.07, 6.45) is 0. The molecule has 4 heteroatoms. The van der Waals surface area contributed by atoms with Crippen LogP contribution in [0.25, 0.3) is 10.9 Å². The Bertz CT molecular complexity index is 529. The Morgan fingerprint density at radius 1 is 1.47 bits per heavy atom. The van der Waals surface area contributed by atoms with E-state index in [1.807, 2.05) is 6.92 Å². The summed E-state index contributed by atoms with van der Waals surface area (Å²) in [5, 5.41) is 12.7. The Morgan fingerprint density at radius 3 is 2.87 bits per heavy atom. The van der Waals surface area contributed by atoms with Gasteiger partial charge in [0.05, 0.1) is 5.56 Å². The number of hydrogen-bond acceptors (Lipinski definition) is 2. The van der Waals surface area contributed by atoms with Crippen LogP contribution >= 0.6 is 0 Å². The number of phenols is 1. The predicted octanol–water partition coefficient (Wildman–Crippen LogP) is 1.54. The fourth-order valence-electron chi connectivity index (χ4n) is 1.73. The largest absolute Gasteiger partial charge is 0.508 e. The molecule has 2 aromatic rings. The van der Waals surface area contributed by atoms with E-state index < -0.39 is 0 Å². The van der Waals surface area contributed by atoms with Crippen LogP contribution in [0.4, 0.5) is 0 Å². The lowest BCUT2D eigenvalue weighted by Gasteiger charge is -1.99. The highest BCUT2D eigenvalue weighted by Crippen LogP contribution is 2.25. The van der Waals surface area contributed by atoms with E-state index in [0.29, 0.717) is 5.56 Å². The average Bonchev–Trinajstić information content (AvgIpc) is 2.52. The molecule has 0 aliphatic carbocycles. The topological polar surface area (TPSA) is 65.1 Å². The van der Waals surface area contributed by atoms with Crippen LogP contribution in [-0.2, 0) is 0 Å². The van der Waals surface area contributed by atoms with Gasteiger partial charge in [-0.3, -0.25) is 4.79 Å². The highest BCUT2D eigenvalue weighted by molar-refractivity contribution is 6.08. The molecule has 0 unspecified atom stereocenters. The van der Waals surface area contributed by atoms with Gasteiger partial charge in [0.1, 0.15) is 5.75 Å². The van der Waals surface area contributed by atoms with Crippen LogP contribution in [0, 0.1) is 6.92 Å². The van der Waals surface area contributed by atoms with E-state index in [4.69, 9.17) is 0 Å². The van der Waals surface area contributed by atoms with E-state index >= 15 is 0 Å². The van der Waals surface area contributed by atoms with Crippen molar-refractivity contribution in [2.75, 3.05) is 7.05 Å². The highest BCUT2D eigenvalue weighted by Gasteiger charge is 2.14. The standard InChI is InChI=1S/C11H12N2O2/c1-6-10(11(15)12-2)8-5-7(14)3-4-9(8)13-6/h3-5,13-14H,1-2H3,(H,12,15). The van der Waals surface area contributed by atoms with E-state index in [1.54, 1.807) is 25.2 Å². The molecular weight excluding hydrogens is 192 g/mol. The Hall–Kier alpha value is -1.97. The number of amides is 1. The van der Waals surface area contributed by atoms with Crippen molar-refractivity contribution in [2.24, 2.45) is 0 Å². The average molecular weight is 204 g/mol. The lowest BCUT2D eigenvalue weighted by atomic mass is 10.1. The minimum absolute atomic E-state index is 0.149. The van der Waals surface area contributed by atoms with Gasteiger partial charge in [0.15, 0.2) is 0 Å². The molecule has 1 heterocycles. The number of aromatic hydroxyl groups is 1. The molecule has 0 atom stereocenters. The molecule has 1 amide bonds. The Labute approximate surface area is 86.9 Å². The van der Waals surface area contributed by atoms with Gasteiger partial charge in [-0.05, 0) is 25.1 Å². The van der Waals surface area contributed by atoms with Gasteiger partial charge in [0.25, 0.3) is 5.91 Å². The van der Waals surface area contributed by atoms with Crippen LogP contribution in [0.15, 0.2) is 18.2 Å². The minimum atomic E-state index is -0.149. The number of H-pyrrole nitrogens is 1. The minimum Gasteiger partial charge on any atom is -0.508 e. The molecule has 78 valence electrons. The third-order valence-corrected chi connectivity index (χ3v) is 2.42. The van der Waals surface area contributed by atoms with Gasteiger partial charge in [-0.15, -0.1) is 0 Å². The van der Waals surface area contributed by atoms with Crippen molar-refractivity contribution < 1.29 is 9.90 Å². The third-order valence-electron chi connectivity index (χ3n) is 2.42. The molecule has 0 fully saturated rings. The second kappa shape index (κ2) is 3.31. The number of fused-ring (bicyclic) bond motifs is 1. The SMILES string of the molecule is CNC(=O)c1c(C)[nH]c2ccc(O)cc12. The zero-order valence-electron chi connectivity index (χ0n) is 8.59. The molecule has 3 N–H and O–H groups in total. The highest BCUT2D eigenvalue weighted by atomic mass is 16.3. The number of hydrogen-bond donors (Lipinski definition) is 3. The van der Waals surface area contributed by atoms with Crippen LogP contribution in [0.5, 0.6) is 5.75 Å². The molecule has 0 saturated heterocycles. The van der Waals surface area contributed by atoms with Crippen molar-refractivity contribution in [3.05, 3.63) is 29.5 Å². The number of aromatic nitrogens is 1. The molecule has 1 aromatic heterocycles. The number of benzene rings is 1. The number of aromatic amines is 1. The van der Waals surface area contributed by atoms with Crippen molar-refractivity contribution in [1.82, 2.24) is 10.3 Å². The first-order chi connectivity index (χ1) is 7.13. The molecule has 2 rings (SSSR count). The smallest absolute Gasteiger partial charge is 0.253 e. The lowest BCUT2D eigenvalue weighted by Crippen LogP contribution is -2.18. The van der Waals surface area contributed by atoms with Crippen molar-refractivity contribution in [2.45, 2.75) is 6.92 Å². The van der Waals surface area contributed by atoms with Gasteiger partial charge in [-0.2, -0.15) is 0 Å². The lowest BCUT2D eigenvalue weighted by molar-refractivity contribution is 0.0964.